The Morgan fingerprint density at radius 2 is 2.00 bits per heavy atom. The molecule has 0 saturated heterocycles. The predicted octanol–water partition coefficient (Wildman–Crippen LogP) is 2.60. The molecular formula is C8H10ClF2NO. The second-order valence-electron chi connectivity index (χ2n) is 2.40. The highest BCUT2D eigenvalue weighted by Crippen LogP contribution is 2.19. The van der Waals surface area contributed by atoms with Gasteiger partial charge < -0.3 is 10.5 Å². The standard InChI is InChI=1S/C8H9F2NO.ClH/c1-5-4-6(12-8(9)10)2-3-7(5)11;/h2-4,8H,11H2,1H3;1H. The van der Waals surface area contributed by atoms with E-state index in [9.17, 15) is 8.78 Å². The highest BCUT2D eigenvalue weighted by atomic mass is 35.5. The first-order valence-corrected chi connectivity index (χ1v) is 3.40. The average molecular weight is 210 g/mol. The molecule has 13 heavy (non-hydrogen) atoms. The number of hydrogen-bond acceptors (Lipinski definition) is 2. The molecule has 0 aliphatic heterocycles. The Kier molecular flexibility index (Phi) is 4.48. The fraction of sp³-hybridized carbons (Fsp3) is 0.250. The Hall–Kier alpha value is -1.03. The van der Waals surface area contributed by atoms with Crippen molar-refractivity contribution in [2.24, 2.45) is 0 Å². The van der Waals surface area contributed by atoms with Gasteiger partial charge >= 0.3 is 6.61 Å². The van der Waals surface area contributed by atoms with Crippen molar-refractivity contribution in [1.82, 2.24) is 0 Å². The van der Waals surface area contributed by atoms with Gasteiger partial charge in [-0.3, -0.25) is 0 Å². The topological polar surface area (TPSA) is 35.2 Å². The van der Waals surface area contributed by atoms with Crippen molar-refractivity contribution in [2.75, 3.05) is 5.73 Å². The Balaban J connectivity index is 0.00000144. The van der Waals surface area contributed by atoms with E-state index in [2.05, 4.69) is 4.74 Å². The Morgan fingerprint density at radius 3 is 2.46 bits per heavy atom. The molecule has 1 aromatic rings. The molecule has 0 bridgehead atoms. The van der Waals surface area contributed by atoms with Crippen LogP contribution in [-0.2, 0) is 0 Å². The van der Waals surface area contributed by atoms with E-state index in [-0.39, 0.29) is 18.2 Å². The number of ether oxygens (including phenoxy) is 1. The fourth-order valence-corrected chi connectivity index (χ4v) is 0.824. The Labute approximate surface area is 81.1 Å². The summed E-state index contributed by atoms with van der Waals surface area (Å²) in [4.78, 5) is 0. The van der Waals surface area contributed by atoms with Crippen LogP contribution in [0.2, 0.25) is 0 Å². The number of halogens is 3. The largest absolute Gasteiger partial charge is 0.435 e. The molecule has 0 fully saturated rings. The number of aryl methyl sites for hydroxylation is 1. The van der Waals surface area contributed by atoms with Crippen LogP contribution >= 0.6 is 12.4 Å². The summed E-state index contributed by atoms with van der Waals surface area (Å²) in [7, 11) is 0. The molecule has 0 aromatic heterocycles. The average Bonchev–Trinajstić information content (AvgIpc) is 1.96. The van der Waals surface area contributed by atoms with Crippen LogP contribution < -0.4 is 10.5 Å². The number of anilines is 1. The molecule has 1 rings (SSSR count). The van der Waals surface area contributed by atoms with Gasteiger partial charge in [0.1, 0.15) is 5.75 Å². The van der Waals surface area contributed by atoms with Gasteiger partial charge in [-0.05, 0) is 30.7 Å². The number of benzene rings is 1. The molecule has 5 heteroatoms. The van der Waals surface area contributed by atoms with E-state index in [0.717, 1.165) is 5.56 Å². The minimum atomic E-state index is -2.78. The maximum Gasteiger partial charge on any atom is 0.387 e. The lowest BCUT2D eigenvalue weighted by Crippen LogP contribution is -2.02. The van der Waals surface area contributed by atoms with Gasteiger partial charge in [0.2, 0.25) is 0 Å². The molecule has 0 aliphatic rings. The SMILES string of the molecule is Cc1cc(OC(F)F)ccc1N.Cl. The lowest BCUT2D eigenvalue weighted by molar-refractivity contribution is -0.0498. The van der Waals surface area contributed by atoms with Crippen molar-refractivity contribution in [3.63, 3.8) is 0 Å². The first-order chi connectivity index (χ1) is 5.59. The van der Waals surface area contributed by atoms with Gasteiger partial charge in [0.15, 0.2) is 0 Å². The van der Waals surface area contributed by atoms with Gasteiger partial charge in [-0.15, -0.1) is 12.4 Å². The third-order valence-corrected chi connectivity index (χ3v) is 1.47. The van der Waals surface area contributed by atoms with Crippen LogP contribution in [0.25, 0.3) is 0 Å². The molecule has 0 amide bonds. The van der Waals surface area contributed by atoms with Gasteiger partial charge in [-0.1, -0.05) is 0 Å². The van der Waals surface area contributed by atoms with Crippen molar-refractivity contribution in [3.05, 3.63) is 23.8 Å². The lowest BCUT2D eigenvalue weighted by Gasteiger charge is -2.05. The lowest BCUT2D eigenvalue weighted by atomic mass is 10.2. The van der Waals surface area contributed by atoms with Gasteiger partial charge in [-0.25, -0.2) is 0 Å². The maximum atomic E-state index is 11.7. The zero-order valence-corrected chi connectivity index (χ0v) is 7.78. The maximum absolute atomic E-state index is 11.7. The predicted molar refractivity (Wildman–Crippen MR) is 49.5 cm³/mol. The molecule has 1 aromatic carbocycles. The van der Waals surface area contributed by atoms with E-state index in [0.29, 0.717) is 5.69 Å². The van der Waals surface area contributed by atoms with Gasteiger partial charge in [0.05, 0.1) is 0 Å². The zero-order chi connectivity index (χ0) is 9.14. The zero-order valence-electron chi connectivity index (χ0n) is 6.96. The Bertz CT molecular complexity index is 281. The smallest absolute Gasteiger partial charge is 0.387 e. The molecule has 0 saturated carbocycles. The van der Waals surface area contributed by atoms with Crippen LogP contribution in [0.5, 0.6) is 5.75 Å². The first kappa shape index (κ1) is 12.0. The van der Waals surface area contributed by atoms with Gasteiger partial charge in [0.25, 0.3) is 0 Å². The highest BCUT2D eigenvalue weighted by Gasteiger charge is 2.04. The van der Waals surface area contributed by atoms with E-state index in [1.54, 1.807) is 6.92 Å². The molecule has 0 spiro atoms. The summed E-state index contributed by atoms with van der Waals surface area (Å²) >= 11 is 0. The summed E-state index contributed by atoms with van der Waals surface area (Å²) in [6, 6.07) is 4.42. The molecular weight excluding hydrogens is 200 g/mol. The highest BCUT2D eigenvalue weighted by molar-refractivity contribution is 5.85. The number of alkyl halides is 2. The summed E-state index contributed by atoms with van der Waals surface area (Å²) in [6.45, 7) is -1.05. The van der Waals surface area contributed by atoms with Gasteiger partial charge in [-0.2, -0.15) is 8.78 Å². The summed E-state index contributed by atoms with van der Waals surface area (Å²) in [5.74, 6) is 0.136. The first-order valence-electron chi connectivity index (χ1n) is 3.40. The van der Waals surface area contributed by atoms with Gasteiger partial charge in [0, 0.05) is 5.69 Å². The van der Waals surface area contributed by atoms with Crippen LogP contribution in [0.3, 0.4) is 0 Å². The quantitative estimate of drug-likeness (QED) is 0.760. The Morgan fingerprint density at radius 1 is 1.38 bits per heavy atom. The molecule has 0 radical (unpaired) electrons. The second-order valence-corrected chi connectivity index (χ2v) is 2.40. The third kappa shape index (κ3) is 3.46. The van der Waals surface area contributed by atoms with Crippen LogP contribution in [0.15, 0.2) is 18.2 Å². The van der Waals surface area contributed by atoms with E-state index in [4.69, 9.17) is 5.73 Å². The van der Waals surface area contributed by atoms with Crippen molar-refractivity contribution in [1.29, 1.82) is 0 Å². The molecule has 2 nitrogen and oxygen atoms in total. The van der Waals surface area contributed by atoms with Crippen LogP contribution in [-0.4, -0.2) is 6.61 Å². The normalized spacial score (nSPS) is 9.54. The van der Waals surface area contributed by atoms with E-state index in [1.807, 2.05) is 0 Å². The number of rotatable bonds is 2. The molecule has 0 heterocycles. The minimum absolute atomic E-state index is 0. The third-order valence-electron chi connectivity index (χ3n) is 1.47. The molecule has 0 unspecified atom stereocenters. The monoisotopic (exact) mass is 209 g/mol. The summed E-state index contributed by atoms with van der Waals surface area (Å²) in [5, 5.41) is 0. The van der Waals surface area contributed by atoms with E-state index >= 15 is 0 Å². The van der Waals surface area contributed by atoms with Crippen LogP contribution in [0, 0.1) is 6.92 Å². The summed E-state index contributed by atoms with van der Waals surface area (Å²) in [6.07, 6.45) is 0. The summed E-state index contributed by atoms with van der Waals surface area (Å²) < 4.78 is 27.6. The van der Waals surface area contributed by atoms with Crippen molar-refractivity contribution >= 4 is 18.1 Å². The van der Waals surface area contributed by atoms with Crippen LogP contribution in [0.4, 0.5) is 14.5 Å². The molecule has 0 atom stereocenters. The molecule has 74 valence electrons. The summed E-state index contributed by atoms with van der Waals surface area (Å²) in [5.41, 5.74) is 6.77. The van der Waals surface area contributed by atoms with Crippen molar-refractivity contribution < 1.29 is 13.5 Å². The van der Waals surface area contributed by atoms with E-state index in [1.165, 1.54) is 18.2 Å². The minimum Gasteiger partial charge on any atom is -0.435 e. The molecule has 2 N–H and O–H groups in total. The number of nitrogen functional groups attached to an aromatic ring is 1. The van der Waals surface area contributed by atoms with Crippen molar-refractivity contribution in [2.45, 2.75) is 13.5 Å². The molecule has 0 aliphatic carbocycles. The van der Waals surface area contributed by atoms with E-state index < -0.39 is 6.61 Å². The fourth-order valence-electron chi connectivity index (χ4n) is 0.824. The van der Waals surface area contributed by atoms with Crippen LogP contribution in [0.1, 0.15) is 5.56 Å². The number of nitrogens with two attached hydrogens (primary N) is 1. The number of hydrogen-bond donors (Lipinski definition) is 1. The van der Waals surface area contributed by atoms with Crippen molar-refractivity contribution in [3.8, 4) is 5.75 Å². The second kappa shape index (κ2) is 4.87.